The molecule has 30 heavy (non-hydrogen) atoms. The summed E-state index contributed by atoms with van der Waals surface area (Å²) in [6, 6.07) is 5.04. The summed E-state index contributed by atoms with van der Waals surface area (Å²) in [5.74, 6) is 2.26. The summed E-state index contributed by atoms with van der Waals surface area (Å²) in [7, 11) is 3.41. The fourth-order valence-corrected chi connectivity index (χ4v) is 3.73. The molecule has 0 radical (unpaired) electrons. The van der Waals surface area contributed by atoms with Gasteiger partial charge in [-0.15, -0.1) is 24.0 Å². The molecule has 3 aromatic rings. The lowest BCUT2D eigenvalue weighted by atomic mass is 10.1. The smallest absolute Gasteiger partial charge is 0.191 e. The van der Waals surface area contributed by atoms with Gasteiger partial charge in [-0.25, -0.2) is 14.1 Å². The van der Waals surface area contributed by atoms with E-state index < -0.39 is 0 Å². The monoisotopic (exact) mass is 527 g/mol. The normalized spacial score (nSPS) is 16.2. The van der Waals surface area contributed by atoms with Gasteiger partial charge in [0.2, 0.25) is 0 Å². The van der Waals surface area contributed by atoms with E-state index in [2.05, 4.69) is 30.7 Å². The highest BCUT2D eigenvalue weighted by Gasteiger charge is 2.22. The Labute approximate surface area is 191 Å². The number of methoxy groups -OCH3 is 1. The van der Waals surface area contributed by atoms with Crippen molar-refractivity contribution < 1.29 is 9.13 Å². The molecule has 0 saturated heterocycles. The maximum Gasteiger partial charge on any atom is 0.191 e. The minimum absolute atomic E-state index is 0. The van der Waals surface area contributed by atoms with E-state index in [1.807, 2.05) is 10.9 Å². The highest BCUT2D eigenvalue weighted by Crippen LogP contribution is 2.19. The van der Waals surface area contributed by atoms with Crippen molar-refractivity contribution in [1.82, 2.24) is 30.4 Å². The molecule has 4 rings (SSSR count). The zero-order valence-electron chi connectivity index (χ0n) is 17.1. The van der Waals surface area contributed by atoms with Crippen molar-refractivity contribution in [2.75, 3.05) is 20.7 Å². The molecule has 1 atom stereocenters. The van der Waals surface area contributed by atoms with Gasteiger partial charge in [-0.05, 0) is 36.6 Å². The van der Waals surface area contributed by atoms with Crippen LogP contribution in [0, 0.1) is 5.82 Å². The van der Waals surface area contributed by atoms with Gasteiger partial charge in [0, 0.05) is 50.3 Å². The van der Waals surface area contributed by atoms with E-state index in [9.17, 15) is 4.39 Å². The second-order valence-electron chi connectivity index (χ2n) is 7.19. The van der Waals surface area contributed by atoms with Crippen molar-refractivity contribution >= 4 is 40.8 Å². The molecular weight excluding hydrogens is 500 g/mol. The first-order valence-electron chi connectivity index (χ1n) is 9.80. The summed E-state index contributed by atoms with van der Waals surface area (Å²) in [6.45, 7) is 1.87. The minimum atomic E-state index is -0.220. The maximum absolute atomic E-state index is 13.5. The number of aromatic nitrogens is 4. The Morgan fingerprint density at radius 3 is 3.10 bits per heavy atom. The minimum Gasteiger partial charge on any atom is -0.377 e. The Bertz CT molecular complexity index is 1020. The summed E-state index contributed by atoms with van der Waals surface area (Å²) in [6.07, 6.45) is 4.54. The number of aromatic amines is 1. The number of guanidine groups is 1. The molecule has 0 amide bonds. The second kappa shape index (κ2) is 10.2. The van der Waals surface area contributed by atoms with Crippen molar-refractivity contribution in [3.63, 3.8) is 0 Å². The molecular formula is C20H27FIN7O. The van der Waals surface area contributed by atoms with Gasteiger partial charge in [-0.1, -0.05) is 0 Å². The maximum atomic E-state index is 13.5. The number of H-pyrrole nitrogens is 1. The van der Waals surface area contributed by atoms with Crippen molar-refractivity contribution in [1.29, 1.82) is 0 Å². The van der Waals surface area contributed by atoms with E-state index in [-0.39, 0.29) is 35.8 Å². The number of benzene rings is 1. The van der Waals surface area contributed by atoms with Crippen molar-refractivity contribution in [2.24, 2.45) is 4.99 Å². The predicted octanol–water partition coefficient (Wildman–Crippen LogP) is 2.39. The number of nitrogens with one attached hydrogen (secondary N) is 3. The Morgan fingerprint density at radius 2 is 2.30 bits per heavy atom. The number of hydrogen-bond donors (Lipinski definition) is 3. The van der Waals surface area contributed by atoms with Crippen LogP contribution in [0.2, 0.25) is 0 Å². The van der Waals surface area contributed by atoms with Crippen LogP contribution >= 0.6 is 24.0 Å². The van der Waals surface area contributed by atoms with Gasteiger partial charge < -0.3 is 20.4 Å². The third kappa shape index (κ3) is 5.09. The van der Waals surface area contributed by atoms with Crippen LogP contribution in [-0.4, -0.2) is 52.5 Å². The Morgan fingerprint density at radius 1 is 1.43 bits per heavy atom. The first kappa shape index (κ1) is 22.5. The van der Waals surface area contributed by atoms with Crippen LogP contribution in [-0.2, 0) is 30.7 Å². The first-order chi connectivity index (χ1) is 14.2. The highest BCUT2D eigenvalue weighted by atomic mass is 127. The first-order valence-corrected chi connectivity index (χ1v) is 9.80. The lowest BCUT2D eigenvalue weighted by Gasteiger charge is -2.25. The summed E-state index contributed by atoms with van der Waals surface area (Å²) in [5, 5.41) is 12.2. The molecule has 0 bridgehead atoms. The average Bonchev–Trinajstić information content (AvgIpc) is 3.30. The molecule has 162 valence electrons. The van der Waals surface area contributed by atoms with Crippen LogP contribution in [0.15, 0.2) is 29.4 Å². The average molecular weight is 527 g/mol. The predicted molar refractivity (Wildman–Crippen MR) is 125 cm³/mol. The quantitative estimate of drug-likeness (QED) is 0.260. The molecule has 2 aromatic heterocycles. The lowest BCUT2D eigenvalue weighted by Crippen LogP contribution is -2.47. The zero-order valence-corrected chi connectivity index (χ0v) is 19.4. The van der Waals surface area contributed by atoms with Crippen LogP contribution in [0.25, 0.3) is 10.9 Å². The fraction of sp³-hybridized carbons (Fsp3) is 0.450. The summed E-state index contributed by atoms with van der Waals surface area (Å²) in [4.78, 5) is 12.0. The number of fused-ring (bicyclic) bond motifs is 2. The van der Waals surface area contributed by atoms with Gasteiger partial charge in [0.1, 0.15) is 18.2 Å². The summed E-state index contributed by atoms with van der Waals surface area (Å²) in [5.41, 5.74) is 2.03. The van der Waals surface area contributed by atoms with Gasteiger partial charge in [0.15, 0.2) is 11.8 Å². The molecule has 1 aromatic carbocycles. The van der Waals surface area contributed by atoms with E-state index in [1.54, 1.807) is 26.3 Å². The fourth-order valence-electron chi connectivity index (χ4n) is 3.73. The third-order valence-corrected chi connectivity index (χ3v) is 5.16. The van der Waals surface area contributed by atoms with Crippen molar-refractivity contribution in [3.8, 4) is 0 Å². The van der Waals surface area contributed by atoms with Crippen LogP contribution in [0.1, 0.15) is 23.6 Å². The number of nitrogens with zero attached hydrogens (tertiary/aromatic N) is 4. The molecule has 1 aliphatic rings. The van der Waals surface area contributed by atoms with Gasteiger partial charge >= 0.3 is 0 Å². The number of hydrogen-bond acceptors (Lipinski definition) is 4. The van der Waals surface area contributed by atoms with E-state index in [4.69, 9.17) is 4.74 Å². The number of halogens is 2. The van der Waals surface area contributed by atoms with Crippen LogP contribution in [0.3, 0.4) is 0 Å². The number of ether oxygens (including phenoxy) is 1. The largest absolute Gasteiger partial charge is 0.377 e. The summed E-state index contributed by atoms with van der Waals surface area (Å²) < 4.78 is 20.6. The van der Waals surface area contributed by atoms with E-state index >= 15 is 0 Å². The Hall–Kier alpha value is -2.21. The zero-order chi connectivity index (χ0) is 20.2. The number of aliphatic imine (C=N–C) groups is 1. The third-order valence-electron chi connectivity index (χ3n) is 5.16. The molecule has 0 fully saturated rings. The second-order valence-corrected chi connectivity index (χ2v) is 7.19. The summed E-state index contributed by atoms with van der Waals surface area (Å²) >= 11 is 0. The number of rotatable bonds is 6. The van der Waals surface area contributed by atoms with Gasteiger partial charge in [0.05, 0.1) is 6.54 Å². The molecule has 3 heterocycles. The molecule has 3 N–H and O–H groups in total. The topological polar surface area (TPSA) is 92.2 Å². The van der Waals surface area contributed by atoms with Gasteiger partial charge in [-0.2, -0.15) is 5.10 Å². The SMILES string of the molecule is CN=C(NCCc1c[nH]c2ccc(F)cc12)NC1CCc2nc(COC)nn2C1.I. The number of aryl methyl sites for hydroxylation is 1. The van der Waals surface area contributed by atoms with Gasteiger partial charge in [0.25, 0.3) is 0 Å². The molecule has 1 unspecified atom stereocenters. The molecule has 0 spiro atoms. The molecule has 8 nitrogen and oxygen atoms in total. The standard InChI is InChI=1S/C20H26FN7O.HI/c1-22-20(23-8-7-13-10-24-17-5-3-14(21)9-16(13)17)25-15-4-6-19-26-18(12-29-2)27-28(19)11-15;/h3,5,9-10,15,24H,4,6-8,11-12H2,1-2H3,(H2,22,23,25);1H. The van der Waals surface area contributed by atoms with E-state index in [0.717, 1.165) is 59.9 Å². The van der Waals surface area contributed by atoms with Crippen LogP contribution in [0.5, 0.6) is 0 Å². The van der Waals surface area contributed by atoms with Crippen molar-refractivity contribution in [2.45, 2.75) is 38.5 Å². The Kier molecular flexibility index (Phi) is 7.64. The van der Waals surface area contributed by atoms with E-state index in [0.29, 0.717) is 13.2 Å². The molecule has 0 aliphatic carbocycles. The lowest BCUT2D eigenvalue weighted by molar-refractivity contribution is 0.177. The van der Waals surface area contributed by atoms with Crippen LogP contribution in [0.4, 0.5) is 4.39 Å². The van der Waals surface area contributed by atoms with Crippen LogP contribution < -0.4 is 10.6 Å². The van der Waals surface area contributed by atoms with Crippen molar-refractivity contribution in [3.05, 3.63) is 47.4 Å². The van der Waals surface area contributed by atoms with E-state index in [1.165, 1.54) is 6.07 Å². The Balaban J connectivity index is 0.00000256. The molecule has 10 heteroatoms. The van der Waals surface area contributed by atoms with Gasteiger partial charge in [-0.3, -0.25) is 4.99 Å². The molecule has 1 aliphatic heterocycles. The molecule has 0 saturated carbocycles. The highest BCUT2D eigenvalue weighted by molar-refractivity contribution is 14.0.